The molecule has 4 aromatic rings. The zero-order valence-electron chi connectivity index (χ0n) is 18.8. The molecule has 0 radical (unpaired) electrons. The topological polar surface area (TPSA) is 127 Å². The van der Waals surface area contributed by atoms with E-state index in [9.17, 15) is 20.2 Å². The van der Waals surface area contributed by atoms with Crippen molar-refractivity contribution in [3.8, 4) is 6.07 Å². The summed E-state index contributed by atoms with van der Waals surface area (Å²) in [6.07, 6.45) is 7.95. The van der Waals surface area contributed by atoms with Gasteiger partial charge in [-0.2, -0.15) is 5.26 Å². The van der Waals surface area contributed by atoms with E-state index in [0.717, 1.165) is 37.6 Å². The van der Waals surface area contributed by atoms with Crippen molar-refractivity contribution in [3.63, 3.8) is 0 Å². The van der Waals surface area contributed by atoms with Crippen LogP contribution in [0.4, 0.5) is 11.5 Å². The number of para-hydroxylation sites is 2. The number of nitro groups is 1. The number of carbonyl (C=O) groups excluding carboxylic acids is 1. The first kappa shape index (κ1) is 22.2. The van der Waals surface area contributed by atoms with E-state index >= 15 is 0 Å². The second kappa shape index (κ2) is 9.35. The number of benzene rings is 2. The molecule has 5 rings (SSSR count). The van der Waals surface area contributed by atoms with Crippen LogP contribution in [0.25, 0.3) is 28.3 Å². The highest BCUT2D eigenvalue weighted by Crippen LogP contribution is 2.38. The number of non-ortho nitro benzene ring substituents is 1. The van der Waals surface area contributed by atoms with Gasteiger partial charge in [0.05, 0.1) is 16.0 Å². The number of hydrogen-bond acceptors (Lipinski definition) is 6. The maximum Gasteiger partial charge on any atom is 0.270 e. The lowest BCUT2D eigenvalue weighted by molar-refractivity contribution is -0.384. The van der Waals surface area contributed by atoms with Crippen LogP contribution in [0.1, 0.15) is 49.3 Å². The fourth-order valence-electron chi connectivity index (χ4n) is 4.66. The minimum Gasteiger partial charge on any atom is -0.307 e. The van der Waals surface area contributed by atoms with Crippen LogP contribution in [0.2, 0.25) is 0 Å². The van der Waals surface area contributed by atoms with Gasteiger partial charge >= 0.3 is 0 Å². The molecule has 9 nitrogen and oxygen atoms in total. The molecule has 174 valence electrons. The number of anilines is 1. The molecule has 0 unspecified atom stereocenters. The number of nitro benzene ring substituents is 1. The molecule has 0 atom stereocenters. The van der Waals surface area contributed by atoms with Crippen molar-refractivity contribution in [1.82, 2.24) is 14.5 Å². The molecule has 0 saturated heterocycles. The predicted octanol–water partition coefficient (Wildman–Crippen LogP) is 5.52. The predicted molar refractivity (Wildman–Crippen MR) is 133 cm³/mol. The van der Waals surface area contributed by atoms with Gasteiger partial charge in [-0.3, -0.25) is 14.9 Å². The number of carbonyl (C=O) groups is 1. The summed E-state index contributed by atoms with van der Waals surface area (Å²) >= 11 is 0. The summed E-state index contributed by atoms with van der Waals surface area (Å²) in [5.41, 5.74) is 3.21. The molecule has 1 aliphatic rings. The van der Waals surface area contributed by atoms with Crippen LogP contribution in [0.3, 0.4) is 0 Å². The van der Waals surface area contributed by atoms with Crippen LogP contribution in [-0.2, 0) is 4.79 Å². The Morgan fingerprint density at radius 3 is 2.57 bits per heavy atom. The zero-order chi connectivity index (χ0) is 24.4. The first-order chi connectivity index (χ1) is 17.0. The lowest BCUT2D eigenvalue weighted by Crippen LogP contribution is -2.19. The van der Waals surface area contributed by atoms with Gasteiger partial charge < -0.3 is 9.88 Å². The molecular weight excluding hydrogens is 444 g/mol. The van der Waals surface area contributed by atoms with Crippen molar-refractivity contribution in [1.29, 1.82) is 5.26 Å². The van der Waals surface area contributed by atoms with Gasteiger partial charge in [0.25, 0.3) is 5.69 Å². The van der Waals surface area contributed by atoms with Crippen molar-refractivity contribution in [2.45, 2.75) is 38.1 Å². The molecule has 0 spiro atoms. The molecule has 1 N–H and O–H groups in total. The summed E-state index contributed by atoms with van der Waals surface area (Å²) in [5, 5.41) is 23.9. The smallest absolute Gasteiger partial charge is 0.270 e. The van der Waals surface area contributed by atoms with Gasteiger partial charge in [0.15, 0.2) is 5.65 Å². The van der Waals surface area contributed by atoms with E-state index in [2.05, 4.69) is 11.4 Å². The number of rotatable bonds is 5. The van der Waals surface area contributed by atoms with Crippen molar-refractivity contribution >= 4 is 45.7 Å². The quantitative estimate of drug-likeness (QED) is 0.234. The molecule has 2 heterocycles. The number of nitrogens with zero attached hydrogens (tertiary/aromatic N) is 5. The number of amides is 1. The molecule has 2 aromatic heterocycles. The van der Waals surface area contributed by atoms with Crippen molar-refractivity contribution in [2.24, 2.45) is 0 Å². The van der Waals surface area contributed by atoms with Gasteiger partial charge in [-0.1, -0.05) is 43.5 Å². The first-order valence-corrected chi connectivity index (χ1v) is 11.5. The molecule has 35 heavy (non-hydrogen) atoms. The Bertz CT molecular complexity index is 1530. The summed E-state index contributed by atoms with van der Waals surface area (Å²) in [7, 11) is 0. The molecule has 0 aliphatic heterocycles. The third kappa shape index (κ3) is 4.34. The highest BCUT2D eigenvalue weighted by Gasteiger charge is 2.27. The van der Waals surface area contributed by atoms with E-state index < -0.39 is 10.8 Å². The summed E-state index contributed by atoms with van der Waals surface area (Å²) in [6.45, 7) is 0. The standard InChI is InChI=1S/C26H22N6O3/c27-16-20-24-26(29-22-12-5-4-11-21(22)28-24)31(18-8-2-1-3-9-18)25(20)30-23(33)14-13-17-7-6-10-19(15-17)32(34)35/h4-7,10-15,18H,1-3,8-9H2,(H,30,33)/b14-13+. The molecule has 1 amide bonds. The summed E-state index contributed by atoms with van der Waals surface area (Å²) in [5.74, 6) is -0.0594. The van der Waals surface area contributed by atoms with Gasteiger partial charge in [0.2, 0.25) is 5.91 Å². The number of nitriles is 1. The molecule has 2 aromatic carbocycles. The molecule has 1 aliphatic carbocycles. The van der Waals surface area contributed by atoms with Crippen LogP contribution < -0.4 is 5.32 Å². The maximum absolute atomic E-state index is 12.9. The highest BCUT2D eigenvalue weighted by atomic mass is 16.6. The summed E-state index contributed by atoms with van der Waals surface area (Å²) < 4.78 is 1.96. The Kier molecular flexibility index (Phi) is 5.94. The average Bonchev–Trinajstić information content (AvgIpc) is 3.18. The zero-order valence-corrected chi connectivity index (χ0v) is 18.8. The Morgan fingerprint density at radius 2 is 1.86 bits per heavy atom. The van der Waals surface area contributed by atoms with Crippen LogP contribution in [-0.4, -0.2) is 25.4 Å². The number of nitrogens with one attached hydrogen (secondary N) is 1. The number of aromatic nitrogens is 3. The van der Waals surface area contributed by atoms with Crippen LogP contribution in [0.15, 0.2) is 54.6 Å². The minimum atomic E-state index is -0.483. The van der Waals surface area contributed by atoms with Crippen LogP contribution in [0, 0.1) is 21.4 Å². The van der Waals surface area contributed by atoms with E-state index in [0.29, 0.717) is 28.1 Å². The molecule has 1 fully saturated rings. The lowest BCUT2D eigenvalue weighted by Gasteiger charge is -2.25. The van der Waals surface area contributed by atoms with E-state index in [1.54, 1.807) is 12.1 Å². The second-order valence-corrected chi connectivity index (χ2v) is 8.56. The normalized spacial score (nSPS) is 14.4. The second-order valence-electron chi connectivity index (χ2n) is 8.56. The largest absolute Gasteiger partial charge is 0.307 e. The Labute approximate surface area is 200 Å². The van der Waals surface area contributed by atoms with Crippen molar-refractivity contribution in [2.75, 3.05) is 5.32 Å². The van der Waals surface area contributed by atoms with Gasteiger partial charge in [0, 0.05) is 24.3 Å². The van der Waals surface area contributed by atoms with E-state index in [-0.39, 0.29) is 17.3 Å². The fraction of sp³-hybridized carbons (Fsp3) is 0.231. The number of fused-ring (bicyclic) bond motifs is 2. The molecule has 0 bridgehead atoms. The SMILES string of the molecule is N#Cc1c(NC(=O)/C=C/c2cccc([N+](=O)[O-])c2)n(C2CCCCC2)c2nc3ccccc3nc12. The van der Waals surface area contributed by atoms with Gasteiger partial charge in [0.1, 0.15) is 23.0 Å². The van der Waals surface area contributed by atoms with Crippen molar-refractivity contribution < 1.29 is 9.72 Å². The van der Waals surface area contributed by atoms with E-state index in [4.69, 9.17) is 9.97 Å². The Morgan fingerprint density at radius 1 is 1.11 bits per heavy atom. The number of hydrogen-bond donors (Lipinski definition) is 1. The Hall–Kier alpha value is -4.58. The van der Waals surface area contributed by atoms with Crippen molar-refractivity contribution in [3.05, 3.63) is 75.8 Å². The third-order valence-electron chi connectivity index (χ3n) is 6.30. The maximum atomic E-state index is 12.9. The summed E-state index contributed by atoms with van der Waals surface area (Å²) in [6, 6.07) is 15.8. The lowest BCUT2D eigenvalue weighted by atomic mass is 9.95. The average molecular weight is 467 g/mol. The van der Waals surface area contributed by atoms with Gasteiger partial charge in [-0.05, 0) is 36.6 Å². The molecule has 1 saturated carbocycles. The van der Waals surface area contributed by atoms with Gasteiger partial charge in [-0.15, -0.1) is 0 Å². The van der Waals surface area contributed by atoms with Crippen LogP contribution >= 0.6 is 0 Å². The first-order valence-electron chi connectivity index (χ1n) is 11.5. The highest BCUT2D eigenvalue weighted by molar-refractivity contribution is 6.05. The Balaban J connectivity index is 1.57. The molecular formula is C26H22N6O3. The molecule has 9 heteroatoms. The van der Waals surface area contributed by atoms with Crippen LogP contribution in [0.5, 0.6) is 0 Å². The fourth-order valence-corrected chi connectivity index (χ4v) is 4.66. The minimum absolute atomic E-state index is 0.0547. The monoisotopic (exact) mass is 466 g/mol. The summed E-state index contributed by atoms with van der Waals surface area (Å²) in [4.78, 5) is 33.0. The third-order valence-corrected chi connectivity index (χ3v) is 6.30. The van der Waals surface area contributed by atoms with E-state index in [1.165, 1.54) is 24.3 Å². The van der Waals surface area contributed by atoms with E-state index in [1.807, 2.05) is 28.8 Å². The van der Waals surface area contributed by atoms with Gasteiger partial charge in [-0.25, -0.2) is 9.97 Å².